The molecule has 144 valence electrons. The van der Waals surface area contributed by atoms with E-state index in [0.717, 1.165) is 10.7 Å². The van der Waals surface area contributed by atoms with E-state index in [9.17, 15) is 14.0 Å². The van der Waals surface area contributed by atoms with Gasteiger partial charge in [0.05, 0.1) is 10.7 Å². The first-order chi connectivity index (χ1) is 12.8. The van der Waals surface area contributed by atoms with Gasteiger partial charge in [0, 0.05) is 31.8 Å². The predicted molar refractivity (Wildman–Crippen MR) is 100 cm³/mol. The number of aromatic nitrogens is 1. The van der Waals surface area contributed by atoms with E-state index < -0.39 is 5.91 Å². The van der Waals surface area contributed by atoms with Crippen LogP contribution in [0, 0.1) is 25.6 Å². The van der Waals surface area contributed by atoms with E-state index >= 15 is 0 Å². The summed E-state index contributed by atoms with van der Waals surface area (Å²) in [6.07, 6.45) is 0.421. The Morgan fingerprint density at radius 2 is 2.04 bits per heavy atom. The van der Waals surface area contributed by atoms with Crippen LogP contribution in [0.15, 0.2) is 24.3 Å². The van der Waals surface area contributed by atoms with Crippen molar-refractivity contribution in [1.82, 2.24) is 9.88 Å². The van der Waals surface area contributed by atoms with Crippen LogP contribution in [0.5, 0.6) is 5.75 Å². The maximum atomic E-state index is 13.1. The van der Waals surface area contributed by atoms with Gasteiger partial charge in [0.2, 0.25) is 5.91 Å². The number of ether oxygens (including phenoxy) is 1. The summed E-state index contributed by atoms with van der Waals surface area (Å²) in [5, 5.41) is 0.846. The molecule has 1 aliphatic heterocycles. The standard InChI is InChI=1S/C19H22FN3O3S/c1-11-18(27-12(2)22-11)19(25)23-8-7-16(13(10-23)9-17(21)24)26-15-5-3-14(20)4-6-15/h3-6,13,16H,7-10H2,1-2H3,(H2,21,24)/t13-,16-/m0/s1. The highest BCUT2D eigenvalue weighted by molar-refractivity contribution is 7.13. The van der Waals surface area contributed by atoms with Gasteiger partial charge in [-0.2, -0.15) is 0 Å². The van der Waals surface area contributed by atoms with Crippen molar-refractivity contribution >= 4 is 23.2 Å². The van der Waals surface area contributed by atoms with E-state index in [1.54, 1.807) is 17.0 Å². The number of hydrogen-bond acceptors (Lipinski definition) is 5. The van der Waals surface area contributed by atoms with Crippen LogP contribution >= 0.6 is 11.3 Å². The van der Waals surface area contributed by atoms with Crippen LogP contribution in [0.4, 0.5) is 4.39 Å². The second-order valence-electron chi connectivity index (χ2n) is 6.73. The molecule has 2 N–H and O–H groups in total. The lowest BCUT2D eigenvalue weighted by atomic mass is 9.91. The van der Waals surface area contributed by atoms with Gasteiger partial charge in [0.25, 0.3) is 5.91 Å². The average Bonchev–Trinajstić information content (AvgIpc) is 2.95. The highest BCUT2D eigenvalue weighted by atomic mass is 32.1. The van der Waals surface area contributed by atoms with E-state index in [2.05, 4.69) is 4.98 Å². The van der Waals surface area contributed by atoms with Crippen LogP contribution in [0.25, 0.3) is 0 Å². The van der Waals surface area contributed by atoms with E-state index in [4.69, 9.17) is 10.5 Å². The summed E-state index contributed by atoms with van der Waals surface area (Å²) in [4.78, 5) is 31.1. The molecule has 1 saturated heterocycles. The van der Waals surface area contributed by atoms with Crippen molar-refractivity contribution < 1.29 is 18.7 Å². The molecule has 0 spiro atoms. The number of likely N-dealkylation sites (tertiary alicyclic amines) is 1. The molecule has 2 aromatic rings. The Kier molecular flexibility index (Phi) is 5.74. The first kappa shape index (κ1) is 19.3. The molecule has 27 heavy (non-hydrogen) atoms. The van der Waals surface area contributed by atoms with Crippen LogP contribution in [0.2, 0.25) is 0 Å². The van der Waals surface area contributed by atoms with Gasteiger partial charge in [-0.05, 0) is 38.1 Å². The quantitative estimate of drug-likeness (QED) is 0.849. The van der Waals surface area contributed by atoms with Gasteiger partial charge in [-0.15, -0.1) is 11.3 Å². The molecule has 0 radical (unpaired) electrons. The Hall–Kier alpha value is -2.48. The average molecular weight is 391 g/mol. The molecular formula is C19H22FN3O3S. The van der Waals surface area contributed by atoms with Crippen molar-refractivity contribution in [3.05, 3.63) is 45.7 Å². The number of benzene rings is 1. The summed E-state index contributed by atoms with van der Waals surface area (Å²) in [6.45, 7) is 4.58. The maximum absolute atomic E-state index is 13.1. The third-order valence-electron chi connectivity index (χ3n) is 4.61. The summed E-state index contributed by atoms with van der Waals surface area (Å²) >= 11 is 1.38. The van der Waals surface area contributed by atoms with Crippen molar-refractivity contribution in [1.29, 1.82) is 0 Å². The molecular weight excluding hydrogens is 369 g/mol. The molecule has 2 atom stereocenters. The SMILES string of the molecule is Cc1nc(C)c(C(=O)N2CC[C@H](Oc3ccc(F)cc3)[C@@H](CC(N)=O)C2)s1. The van der Waals surface area contributed by atoms with Crippen LogP contribution in [0.1, 0.15) is 33.2 Å². The Morgan fingerprint density at radius 3 is 2.63 bits per heavy atom. The lowest BCUT2D eigenvalue weighted by Crippen LogP contribution is -2.49. The third kappa shape index (κ3) is 4.63. The topological polar surface area (TPSA) is 85.5 Å². The Morgan fingerprint density at radius 1 is 1.33 bits per heavy atom. The number of hydrogen-bond donors (Lipinski definition) is 1. The number of nitrogens with two attached hydrogens (primary N) is 1. The molecule has 2 heterocycles. The largest absolute Gasteiger partial charge is 0.490 e. The molecule has 0 aliphatic carbocycles. The van der Waals surface area contributed by atoms with Crippen LogP contribution in [-0.4, -0.2) is 40.9 Å². The number of halogens is 1. The van der Waals surface area contributed by atoms with Gasteiger partial charge in [0.15, 0.2) is 0 Å². The van der Waals surface area contributed by atoms with E-state index in [0.29, 0.717) is 30.1 Å². The van der Waals surface area contributed by atoms with E-state index in [-0.39, 0.29) is 30.2 Å². The van der Waals surface area contributed by atoms with Crippen molar-refractivity contribution in [3.8, 4) is 5.75 Å². The second kappa shape index (κ2) is 8.04. The molecule has 0 saturated carbocycles. The summed E-state index contributed by atoms with van der Waals surface area (Å²) < 4.78 is 19.0. The van der Waals surface area contributed by atoms with Gasteiger partial charge in [-0.1, -0.05) is 0 Å². The summed E-state index contributed by atoms with van der Waals surface area (Å²) in [6, 6.07) is 5.76. The van der Waals surface area contributed by atoms with Gasteiger partial charge in [-0.25, -0.2) is 9.37 Å². The molecule has 0 unspecified atom stereocenters. The van der Waals surface area contributed by atoms with Crippen LogP contribution in [0.3, 0.4) is 0 Å². The summed E-state index contributed by atoms with van der Waals surface area (Å²) in [5.74, 6) is -0.546. The number of primary amides is 1. The minimum atomic E-state index is -0.438. The monoisotopic (exact) mass is 391 g/mol. The number of rotatable bonds is 5. The van der Waals surface area contributed by atoms with Crippen molar-refractivity contribution in [2.75, 3.05) is 13.1 Å². The van der Waals surface area contributed by atoms with Crippen LogP contribution in [-0.2, 0) is 4.79 Å². The molecule has 8 heteroatoms. The first-order valence-corrected chi connectivity index (χ1v) is 9.59. The van der Waals surface area contributed by atoms with E-state index in [1.807, 2.05) is 13.8 Å². The number of nitrogens with zero attached hydrogens (tertiary/aromatic N) is 2. The first-order valence-electron chi connectivity index (χ1n) is 8.77. The molecule has 1 aromatic heterocycles. The molecule has 1 fully saturated rings. The van der Waals surface area contributed by atoms with Crippen molar-refractivity contribution in [2.24, 2.45) is 11.7 Å². The summed E-state index contributed by atoms with van der Waals surface area (Å²) in [7, 11) is 0. The second-order valence-corrected chi connectivity index (χ2v) is 7.93. The minimum Gasteiger partial charge on any atom is -0.490 e. The molecule has 6 nitrogen and oxygen atoms in total. The maximum Gasteiger partial charge on any atom is 0.265 e. The zero-order valence-corrected chi connectivity index (χ0v) is 16.1. The highest BCUT2D eigenvalue weighted by Crippen LogP contribution is 2.28. The van der Waals surface area contributed by atoms with Crippen LogP contribution < -0.4 is 10.5 Å². The fraction of sp³-hybridized carbons (Fsp3) is 0.421. The van der Waals surface area contributed by atoms with Gasteiger partial charge >= 0.3 is 0 Å². The van der Waals surface area contributed by atoms with Gasteiger partial charge in [-0.3, -0.25) is 9.59 Å². The Bertz CT molecular complexity index is 837. The third-order valence-corrected chi connectivity index (χ3v) is 5.67. The van der Waals surface area contributed by atoms with Gasteiger partial charge in [0.1, 0.15) is 22.5 Å². The number of thiazole rings is 1. The van der Waals surface area contributed by atoms with Crippen molar-refractivity contribution in [3.63, 3.8) is 0 Å². The fourth-order valence-corrected chi connectivity index (χ4v) is 4.25. The normalized spacial score (nSPS) is 19.7. The predicted octanol–water partition coefficient (Wildman–Crippen LogP) is 2.68. The Balaban J connectivity index is 1.73. The number of piperidine rings is 1. The van der Waals surface area contributed by atoms with Crippen molar-refractivity contribution in [2.45, 2.75) is 32.8 Å². The molecule has 3 rings (SSSR count). The molecule has 2 amide bonds. The molecule has 1 aliphatic rings. The molecule has 1 aromatic carbocycles. The lowest BCUT2D eigenvalue weighted by molar-refractivity contribution is -0.120. The number of aryl methyl sites for hydroxylation is 2. The van der Waals surface area contributed by atoms with Gasteiger partial charge < -0.3 is 15.4 Å². The number of carbonyl (C=O) groups excluding carboxylic acids is 2. The zero-order chi connectivity index (χ0) is 19.6. The number of carbonyl (C=O) groups is 2. The Labute approximate surface area is 161 Å². The lowest BCUT2D eigenvalue weighted by Gasteiger charge is -2.38. The smallest absolute Gasteiger partial charge is 0.265 e. The fourth-order valence-electron chi connectivity index (χ4n) is 3.37. The number of amides is 2. The summed E-state index contributed by atoms with van der Waals surface area (Å²) in [5.41, 5.74) is 6.12. The zero-order valence-electron chi connectivity index (χ0n) is 15.3. The highest BCUT2D eigenvalue weighted by Gasteiger charge is 2.35. The molecule has 0 bridgehead atoms. The minimum absolute atomic E-state index is 0.0761. The van der Waals surface area contributed by atoms with E-state index in [1.165, 1.54) is 23.5 Å².